The number of carbonyl (C=O) groups is 2. The van der Waals surface area contributed by atoms with Crippen LogP contribution in [0.25, 0.3) is 21.3 Å². The van der Waals surface area contributed by atoms with Gasteiger partial charge in [-0.05, 0) is 18.6 Å². The Hall–Kier alpha value is -3.39. The Morgan fingerprint density at radius 2 is 2.00 bits per heavy atom. The number of nitrogens with zero attached hydrogens (tertiary/aromatic N) is 4. The van der Waals surface area contributed by atoms with E-state index in [1.54, 1.807) is 25.6 Å². The van der Waals surface area contributed by atoms with Gasteiger partial charge in [0, 0.05) is 55.6 Å². The van der Waals surface area contributed by atoms with Gasteiger partial charge in [-0.15, -0.1) is 11.3 Å². The van der Waals surface area contributed by atoms with Gasteiger partial charge in [0.25, 0.3) is 11.8 Å². The maximum Gasteiger partial charge on any atom is 0.261 e. The summed E-state index contributed by atoms with van der Waals surface area (Å²) in [6, 6.07) is 9.64. The molecule has 8 heteroatoms. The van der Waals surface area contributed by atoms with Gasteiger partial charge in [-0.1, -0.05) is 18.2 Å². The number of hydrogen-bond acceptors (Lipinski definition) is 6. The van der Waals surface area contributed by atoms with Crippen molar-refractivity contribution in [2.24, 2.45) is 0 Å². The van der Waals surface area contributed by atoms with Gasteiger partial charge in [0.2, 0.25) is 0 Å². The number of aromatic nitrogens is 3. The molecule has 1 N–H and O–H groups in total. The first-order chi connectivity index (χ1) is 14.7. The van der Waals surface area contributed by atoms with Crippen LogP contribution >= 0.6 is 11.3 Å². The predicted octanol–water partition coefficient (Wildman–Crippen LogP) is 3.23. The number of thiophene rings is 1. The molecule has 1 aromatic carbocycles. The quantitative estimate of drug-likeness (QED) is 0.553. The molecule has 4 aromatic rings. The third kappa shape index (κ3) is 3.09. The van der Waals surface area contributed by atoms with Crippen LogP contribution < -0.4 is 5.32 Å². The summed E-state index contributed by atoms with van der Waals surface area (Å²) in [5, 5.41) is 3.65. The summed E-state index contributed by atoms with van der Waals surface area (Å²) in [6.45, 7) is 1.17. The number of carbonyl (C=O) groups excluding carboxylic acids is 2. The molecule has 7 nitrogen and oxygen atoms in total. The summed E-state index contributed by atoms with van der Waals surface area (Å²) in [7, 11) is 1.62. The Kier molecular flexibility index (Phi) is 4.63. The van der Waals surface area contributed by atoms with Gasteiger partial charge in [-0.3, -0.25) is 19.6 Å². The minimum Gasteiger partial charge on any atom is -0.354 e. The zero-order chi connectivity index (χ0) is 20.7. The summed E-state index contributed by atoms with van der Waals surface area (Å²) in [4.78, 5) is 42.1. The number of fused-ring (bicyclic) bond motifs is 2. The Morgan fingerprint density at radius 1 is 1.17 bits per heavy atom. The van der Waals surface area contributed by atoms with Crippen LogP contribution in [0.5, 0.6) is 0 Å². The number of likely N-dealkylation sites (tertiary alicyclic amines) is 1. The van der Waals surface area contributed by atoms with Crippen molar-refractivity contribution in [3.63, 3.8) is 0 Å². The van der Waals surface area contributed by atoms with E-state index in [2.05, 4.69) is 20.3 Å². The molecule has 1 aliphatic rings. The lowest BCUT2D eigenvalue weighted by Gasteiger charge is -2.17. The molecule has 30 heavy (non-hydrogen) atoms. The maximum absolute atomic E-state index is 13.1. The fourth-order valence-corrected chi connectivity index (χ4v) is 5.19. The molecule has 1 aliphatic heterocycles. The van der Waals surface area contributed by atoms with E-state index in [0.29, 0.717) is 23.5 Å². The lowest BCUT2D eigenvalue weighted by molar-refractivity contribution is 0.0790. The first-order valence-corrected chi connectivity index (χ1v) is 10.6. The normalized spacial score (nSPS) is 16.3. The maximum atomic E-state index is 13.1. The molecule has 150 valence electrons. The van der Waals surface area contributed by atoms with E-state index < -0.39 is 0 Å². The van der Waals surface area contributed by atoms with Crippen molar-refractivity contribution >= 4 is 44.4 Å². The molecular weight excluding hydrogens is 398 g/mol. The molecule has 4 heterocycles. The van der Waals surface area contributed by atoms with Crippen molar-refractivity contribution in [1.82, 2.24) is 25.2 Å². The van der Waals surface area contributed by atoms with Crippen molar-refractivity contribution in [2.75, 3.05) is 20.1 Å². The highest BCUT2D eigenvalue weighted by molar-refractivity contribution is 7.20. The number of rotatable bonds is 3. The second-order valence-corrected chi connectivity index (χ2v) is 8.29. The van der Waals surface area contributed by atoms with Gasteiger partial charge >= 0.3 is 0 Å². The molecule has 0 unspecified atom stereocenters. The number of hydrogen-bond donors (Lipinski definition) is 1. The van der Waals surface area contributed by atoms with Crippen molar-refractivity contribution in [2.45, 2.75) is 12.3 Å². The van der Waals surface area contributed by atoms with Crippen LogP contribution in [0.3, 0.4) is 0 Å². The average Bonchev–Trinajstić information content (AvgIpc) is 3.42. The summed E-state index contributed by atoms with van der Waals surface area (Å²) < 4.78 is 0. The van der Waals surface area contributed by atoms with Gasteiger partial charge < -0.3 is 10.2 Å². The molecule has 0 spiro atoms. The molecule has 1 saturated heterocycles. The van der Waals surface area contributed by atoms with Crippen LogP contribution in [0.1, 0.15) is 37.9 Å². The van der Waals surface area contributed by atoms with Crippen molar-refractivity contribution in [1.29, 1.82) is 0 Å². The van der Waals surface area contributed by atoms with E-state index >= 15 is 0 Å². The van der Waals surface area contributed by atoms with E-state index in [1.807, 2.05) is 35.2 Å². The molecule has 5 rings (SSSR count). The summed E-state index contributed by atoms with van der Waals surface area (Å²) in [5.74, 6) is -0.138. The van der Waals surface area contributed by atoms with Gasteiger partial charge in [0.1, 0.15) is 10.3 Å². The molecule has 1 fully saturated rings. The molecule has 1 atom stereocenters. The standard InChI is InChI=1S/C22H19N5O2S/c1-23-20(28)19-17(18-21(30-19)25-8-7-24-18)14-6-9-27(12-14)22(29)15-10-13-4-2-3-5-16(13)26-11-15/h2-5,7-8,10-11,14H,6,9,12H2,1H3,(H,23,28)/t14-/m0/s1. The molecule has 0 saturated carbocycles. The Bertz CT molecular complexity index is 1290. The number of benzene rings is 1. The number of pyridine rings is 1. The topological polar surface area (TPSA) is 88.1 Å². The Balaban J connectivity index is 1.45. The van der Waals surface area contributed by atoms with Crippen molar-refractivity contribution in [3.05, 3.63) is 64.9 Å². The van der Waals surface area contributed by atoms with Crippen LogP contribution in [0.2, 0.25) is 0 Å². The third-order valence-electron chi connectivity index (χ3n) is 5.52. The van der Waals surface area contributed by atoms with Gasteiger partial charge in [-0.25, -0.2) is 4.98 Å². The van der Waals surface area contributed by atoms with Gasteiger partial charge in [0.05, 0.1) is 16.0 Å². The second kappa shape index (κ2) is 7.46. The minimum atomic E-state index is -0.140. The highest BCUT2D eigenvalue weighted by Crippen LogP contribution is 2.38. The van der Waals surface area contributed by atoms with Crippen LogP contribution in [0.4, 0.5) is 0 Å². The monoisotopic (exact) mass is 417 g/mol. The molecule has 2 amide bonds. The zero-order valence-electron chi connectivity index (χ0n) is 16.3. The van der Waals surface area contributed by atoms with E-state index in [1.165, 1.54) is 11.3 Å². The second-order valence-electron chi connectivity index (χ2n) is 7.29. The highest BCUT2D eigenvalue weighted by Gasteiger charge is 2.33. The molecule has 0 aliphatic carbocycles. The van der Waals surface area contributed by atoms with Crippen LogP contribution in [0, 0.1) is 0 Å². The summed E-state index contributed by atoms with van der Waals surface area (Å²) in [6.07, 6.45) is 5.69. The number of amides is 2. The lowest BCUT2D eigenvalue weighted by Crippen LogP contribution is -2.28. The average molecular weight is 417 g/mol. The van der Waals surface area contributed by atoms with E-state index in [-0.39, 0.29) is 17.7 Å². The van der Waals surface area contributed by atoms with Crippen LogP contribution in [-0.4, -0.2) is 51.8 Å². The fraction of sp³-hybridized carbons (Fsp3) is 0.227. The van der Waals surface area contributed by atoms with Crippen molar-refractivity contribution < 1.29 is 9.59 Å². The van der Waals surface area contributed by atoms with E-state index in [0.717, 1.165) is 33.2 Å². The Morgan fingerprint density at radius 3 is 2.87 bits per heavy atom. The first-order valence-electron chi connectivity index (χ1n) is 9.75. The lowest BCUT2D eigenvalue weighted by atomic mass is 9.97. The summed E-state index contributed by atoms with van der Waals surface area (Å²) in [5.41, 5.74) is 3.10. The predicted molar refractivity (Wildman–Crippen MR) is 116 cm³/mol. The largest absolute Gasteiger partial charge is 0.354 e. The van der Waals surface area contributed by atoms with Gasteiger partial charge in [0.15, 0.2) is 0 Å². The smallest absolute Gasteiger partial charge is 0.261 e. The van der Waals surface area contributed by atoms with E-state index in [4.69, 9.17) is 0 Å². The van der Waals surface area contributed by atoms with Gasteiger partial charge in [-0.2, -0.15) is 0 Å². The molecule has 0 bridgehead atoms. The molecule has 3 aromatic heterocycles. The fourth-order valence-electron chi connectivity index (χ4n) is 4.06. The number of nitrogens with one attached hydrogen (secondary N) is 1. The summed E-state index contributed by atoms with van der Waals surface area (Å²) >= 11 is 1.35. The Labute approximate surface area is 176 Å². The molecule has 0 radical (unpaired) electrons. The third-order valence-corrected chi connectivity index (χ3v) is 6.62. The van der Waals surface area contributed by atoms with E-state index in [9.17, 15) is 9.59 Å². The van der Waals surface area contributed by atoms with Crippen molar-refractivity contribution in [3.8, 4) is 0 Å². The number of para-hydroxylation sites is 1. The zero-order valence-corrected chi connectivity index (χ0v) is 17.1. The SMILES string of the molecule is CNC(=O)c1sc2nccnc2c1[C@H]1CCN(C(=O)c2cnc3ccccc3c2)C1. The van der Waals surface area contributed by atoms with Crippen LogP contribution in [-0.2, 0) is 0 Å². The highest BCUT2D eigenvalue weighted by atomic mass is 32.1. The minimum absolute atomic E-state index is 0.0390. The van der Waals surface area contributed by atoms with Crippen LogP contribution in [0.15, 0.2) is 48.9 Å². The first kappa shape index (κ1) is 18.6. The molecular formula is C22H19N5O2S.